The van der Waals surface area contributed by atoms with Crippen LogP contribution in [0.25, 0.3) is 0 Å². The maximum absolute atomic E-state index is 13.2. The molecular formula is C23H29N5O4S. The fourth-order valence-electron chi connectivity index (χ4n) is 4.61. The maximum Gasteiger partial charge on any atom is 0.274 e. The van der Waals surface area contributed by atoms with Gasteiger partial charge < -0.3 is 9.80 Å². The van der Waals surface area contributed by atoms with Crippen LogP contribution in [-0.2, 0) is 10.0 Å². The van der Waals surface area contributed by atoms with Crippen LogP contribution in [0.15, 0.2) is 47.8 Å². The number of amides is 2. The summed E-state index contributed by atoms with van der Waals surface area (Å²) in [6, 6.07) is 6.27. The topological polar surface area (TPSA) is 104 Å². The number of hydrogen-bond donors (Lipinski definition) is 0. The van der Waals surface area contributed by atoms with Gasteiger partial charge in [0, 0.05) is 57.2 Å². The number of piperazine rings is 1. The van der Waals surface area contributed by atoms with E-state index in [-0.39, 0.29) is 22.4 Å². The van der Waals surface area contributed by atoms with Gasteiger partial charge in [0.05, 0.1) is 11.1 Å². The average Bonchev–Trinajstić information content (AvgIpc) is 2.83. The molecule has 4 rings (SSSR count). The van der Waals surface area contributed by atoms with E-state index in [0.717, 1.165) is 6.42 Å². The predicted octanol–water partition coefficient (Wildman–Crippen LogP) is 1.74. The highest BCUT2D eigenvalue weighted by Gasteiger charge is 2.32. The molecule has 2 saturated heterocycles. The van der Waals surface area contributed by atoms with Gasteiger partial charge in [-0.1, -0.05) is 19.9 Å². The van der Waals surface area contributed by atoms with E-state index in [1.165, 1.54) is 29.0 Å². The normalized spacial score (nSPS) is 22.2. The number of nitrogens with zero attached hydrogens (tertiary/aromatic N) is 5. The minimum Gasteiger partial charge on any atom is -0.335 e. The van der Waals surface area contributed by atoms with Crippen molar-refractivity contribution in [3.8, 4) is 0 Å². The third-order valence-corrected chi connectivity index (χ3v) is 8.02. The van der Waals surface area contributed by atoms with E-state index in [1.807, 2.05) is 0 Å². The lowest BCUT2D eigenvalue weighted by atomic mass is 9.94. The Morgan fingerprint density at radius 1 is 0.939 bits per heavy atom. The van der Waals surface area contributed by atoms with Crippen LogP contribution in [0.2, 0.25) is 0 Å². The van der Waals surface area contributed by atoms with Crippen molar-refractivity contribution in [3.05, 3.63) is 54.1 Å². The Hall–Kier alpha value is -2.85. The molecule has 33 heavy (non-hydrogen) atoms. The highest BCUT2D eigenvalue weighted by molar-refractivity contribution is 7.89. The van der Waals surface area contributed by atoms with Crippen LogP contribution < -0.4 is 0 Å². The molecule has 0 saturated carbocycles. The van der Waals surface area contributed by atoms with E-state index < -0.39 is 10.0 Å². The number of piperidine rings is 1. The van der Waals surface area contributed by atoms with Crippen molar-refractivity contribution in [3.63, 3.8) is 0 Å². The molecule has 0 aliphatic carbocycles. The van der Waals surface area contributed by atoms with Crippen LogP contribution in [-0.4, -0.2) is 83.6 Å². The third kappa shape index (κ3) is 5.06. The number of benzene rings is 1. The molecule has 2 aliphatic heterocycles. The molecule has 176 valence electrons. The van der Waals surface area contributed by atoms with Gasteiger partial charge in [-0.2, -0.15) is 4.31 Å². The standard InChI is InChI=1S/C23H29N5O4S/c1-17-12-18(2)16-28(15-17)33(31,32)20-5-3-4-19(13-20)22(29)26-8-10-27(11-9-26)23(30)21-14-24-6-7-25-21/h3-7,13-14,17-18H,8-12,15-16H2,1-2H3/t17-,18-/m1/s1. The SMILES string of the molecule is C[C@@H]1C[C@@H](C)CN(S(=O)(=O)c2cccc(C(=O)N3CCN(C(=O)c4cnccn4)CC3)c2)C1. The summed E-state index contributed by atoms with van der Waals surface area (Å²) in [4.78, 5) is 37.1. The summed E-state index contributed by atoms with van der Waals surface area (Å²) in [7, 11) is -3.67. The minimum absolute atomic E-state index is 0.145. The number of sulfonamides is 1. The molecule has 2 aromatic rings. The average molecular weight is 472 g/mol. The van der Waals surface area contributed by atoms with Crippen molar-refractivity contribution in [2.75, 3.05) is 39.3 Å². The largest absolute Gasteiger partial charge is 0.335 e. The van der Waals surface area contributed by atoms with Crippen LogP contribution in [0.3, 0.4) is 0 Å². The van der Waals surface area contributed by atoms with Crippen molar-refractivity contribution >= 4 is 21.8 Å². The van der Waals surface area contributed by atoms with Crippen molar-refractivity contribution in [1.29, 1.82) is 0 Å². The van der Waals surface area contributed by atoms with Gasteiger partial charge in [0.2, 0.25) is 10.0 Å². The van der Waals surface area contributed by atoms with Gasteiger partial charge >= 0.3 is 0 Å². The van der Waals surface area contributed by atoms with Crippen molar-refractivity contribution in [2.24, 2.45) is 11.8 Å². The Bertz CT molecular complexity index is 1110. The highest BCUT2D eigenvalue weighted by atomic mass is 32.2. The second-order valence-corrected chi connectivity index (χ2v) is 10.9. The van der Waals surface area contributed by atoms with E-state index in [1.54, 1.807) is 28.0 Å². The first-order valence-electron chi connectivity index (χ1n) is 11.2. The van der Waals surface area contributed by atoms with E-state index in [2.05, 4.69) is 23.8 Å². The maximum atomic E-state index is 13.2. The lowest BCUT2D eigenvalue weighted by Crippen LogP contribution is -2.50. The molecule has 2 aliphatic rings. The van der Waals surface area contributed by atoms with Gasteiger partial charge in [0.15, 0.2) is 0 Å². The number of carbonyl (C=O) groups excluding carboxylic acids is 2. The molecule has 0 unspecified atom stereocenters. The lowest BCUT2D eigenvalue weighted by molar-refractivity contribution is 0.0532. The van der Waals surface area contributed by atoms with Gasteiger partial charge in [-0.05, 0) is 36.5 Å². The van der Waals surface area contributed by atoms with Gasteiger partial charge in [-0.25, -0.2) is 13.4 Å². The summed E-state index contributed by atoms with van der Waals surface area (Å²) >= 11 is 0. The van der Waals surface area contributed by atoms with Crippen LogP contribution >= 0.6 is 0 Å². The molecule has 9 nitrogen and oxygen atoms in total. The zero-order valence-corrected chi connectivity index (χ0v) is 19.7. The number of aromatic nitrogens is 2. The highest BCUT2D eigenvalue weighted by Crippen LogP contribution is 2.27. The molecule has 10 heteroatoms. The van der Waals surface area contributed by atoms with Gasteiger partial charge in [-0.15, -0.1) is 0 Å². The quantitative estimate of drug-likeness (QED) is 0.673. The van der Waals surface area contributed by atoms with Crippen molar-refractivity contribution in [2.45, 2.75) is 25.2 Å². The zero-order chi connectivity index (χ0) is 23.6. The second-order valence-electron chi connectivity index (χ2n) is 8.97. The van der Waals surface area contributed by atoms with Crippen LogP contribution in [0.4, 0.5) is 0 Å². The first-order chi connectivity index (χ1) is 15.8. The Labute approximate surface area is 194 Å². The molecule has 0 spiro atoms. The Balaban J connectivity index is 1.44. The van der Waals surface area contributed by atoms with E-state index in [0.29, 0.717) is 56.7 Å². The molecule has 0 N–H and O–H groups in total. The molecule has 2 amide bonds. The van der Waals surface area contributed by atoms with Crippen molar-refractivity contribution in [1.82, 2.24) is 24.1 Å². The lowest BCUT2D eigenvalue weighted by Gasteiger charge is -2.35. The Morgan fingerprint density at radius 3 is 2.18 bits per heavy atom. The summed E-state index contributed by atoms with van der Waals surface area (Å²) in [5.74, 6) is 0.149. The molecule has 1 aromatic heterocycles. The Morgan fingerprint density at radius 2 is 1.58 bits per heavy atom. The summed E-state index contributed by atoms with van der Waals surface area (Å²) in [5.41, 5.74) is 0.611. The molecule has 0 bridgehead atoms. The fraction of sp³-hybridized carbons (Fsp3) is 0.478. The molecule has 2 fully saturated rings. The van der Waals surface area contributed by atoms with Crippen LogP contribution in [0.1, 0.15) is 41.1 Å². The van der Waals surface area contributed by atoms with Crippen LogP contribution in [0, 0.1) is 11.8 Å². The fourth-order valence-corrected chi connectivity index (χ4v) is 6.33. The monoisotopic (exact) mass is 471 g/mol. The number of hydrogen-bond acceptors (Lipinski definition) is 6. The molecule has 2 atom stereocenters. The number of rotatable bonds is 4. The zero-order valence-electron chi connectivity index (χ0n) is 18.9. The first kappa shape index (κ1) is 23.3. The summed E-state index contributed by atoms with van der Waals surface area (Å²) in [5, 5.41) is 0. The van der Waals surface area contributed by atoms with E-state index in [9.17, 15) is 18.0 Å². The van der Waals surface area contributed by atoms with Gasteiger partial charge in [0.1, 0.15) is 5.69 Å². The smallest absolute Gasteiger partial charge is 0.274 e. The molecular weight excluding hydrogens is 442 g/mol. The van der Waals surface area contributed by atoms with Crippen molar-refractivity contribution < 1.29 is 18.0 Å². The Kier molecular flexibility index (Phi) is 6.76. The molecule has 3 heterocycles. The predicted molar refractivity (Wildman–Crippen MR) is 122 cm³/mol. The van der Waals surface area contributed by atoms with E-state index >= 15 is 0 Å². The summed E-state index contributed by atoms with van der Waals surface area (Å²) in [6.07, 6.45) is 5.42. The third-order valence-electron chi connectivity index (χ3n) is 6.19. The first-order valence-corrected chi connectivity index (χ1v) is 12.6. The number of carbonyl (C=O) groups is 2. The van der Waals surface area contributed by atoms with Gasteiger partial charge in [-0.3, -0.25) is 14.6 Å². The molecule has 0 radical (unpaired) electrons. The molecule has 1 aromatic carbocycles. The second kappa shape index (κ2) is 9.56. The summed E-state index contributed by atoms with van der Waals surface area (Å²) < 4.78 is 28.0. The summed E-state index contributed by atoms with van der Waals surface area (Å²) in [6.45, 7) is 6.59. The van der Waals surface area contributed by atoms with Crippen LogP contribution in [0.5, 0.6) is 0 Å². The minimum atomic E-state index is -3.67. The van der Waals surface area contributed by atoms with E-state index in [4.69, 9.17) is 0 Å². The van der Waals surface area contributed by atoms with Gasteiger partial charge in [0.25, 0.3) is 11.8 Å².